The molecule has 9 heteroatoms. The van der Waals surface area contributed by atoms with Crippen molar-refractivity contribution in [1.29, 1.82) is 0 Å². The van der Waals surface area contributed by atoms with Crippen LogP contribution in [0.5, 0.6) is 5.75 Å². The molecule has 0 aliphatic rings. The predicted octanol–water partition coefficient (Wildman–Crippen LogP) is 4.37. The molecule has 0 fully saturated rings. The van der Waals surface area contributed by atoms with Crippen LogP contribution in [0.3, 0.4) is 0 Å². The maximum absolute atomic E-state index is 12.7. The van der Waals surface area contributed by atoms with E-state index in [2.05, 4.69) is 5.16 Å². The van der Waals surface area contributed by atoms with E-state index >= 15 is 0 Å². The third-order valence-corrected chi connectivity index (χ3v) is 7.05. The summed E-state index contributed by atoms with van der Waals surface area (Å²) in [4.78, 5) is 17.0. The Kier molecular flexibility index (Phi) is 9.61. The van der Waals surface area contributed by atoms with Crippen LogP contribution in [0, 0.1) is 0 Å². The van der Waals surface area contributed by atoms with Gasteiger partial charge in [0.1, 0.15) is 12.4 Å². The van der Waals surface area contributed by atoms with E-state index in [0.717, 1.165) is 11.1 Å². The number of nitrogens with zero attached hydrogens (tertiary/aromatic N) is 1. The molecule has 0 heterocycles. The van der Waals surface area contributed by atoms with Crippen LogP contribution >= 0.6 is 0 Å². The molecule has 3 rings (SSSR count). The van der Waals surface area contributed by atoms with Gasteiger partial charge in [-0.3, -0.25) is 0 Å². The Bertz CT molecular complexity index is 1260. The van der Waals surface area contributed by atoms with Crippen LogP contribution in [0.4, 0.5) is 0 Å². The first-order valence-corrected chi connectivity index (χ1v) is 12.9. The van der Waals surface area contributed by atoms with Crippen molar-refractivity contribution in [3.63, 3.8) is 0 Å². The highest BCUT2D eigenvalue weighted by atomic mass is 32.2. The van der Waals surface area contributed by atoms with Gasteiger partial charge in [0.15, 0.2) is 12.7 Å². The number of aliphatic carboxylic acids is 1. The van der Waals surface area contributed by atoms with E-state index in [-0.39, 0.29) is 29.4 Å². The zero-order valence-corrected chi connectivity index (χ0v) is 21.0. The van der Waals surface area contributed by atoms with Crippen LogP contribution in [-0.2, 0) is 30.6 Å². The van der Waals surface area contributed by atoms with Gasteiger partial charge in [-0.2, -0.15) is 0 Å². The molecule has 1 N–H and O–H groups in total. The molecule has 0 saturated carbocycles. The van der Waals surface area contributed by atoms with Crippen LogP contribution in [-0.4, -0.2) is 51.1 Å². The molecule has 190 valence electrons. The molecule has 0 radical (unpaired) electrons. The lowest BCUT2D eigenvalue weighted by molar-refractivity contribution is -0.149. The van der Waals surface area contributed by atoms with Crippen molar-refractivity contribution >= 4 is 21.5 Å². The molecule has 0 saturated heterocycles. The monoisotopic (exact) mass is 511 g/mol. The van der Waals surface area contributed by atoms with Crippen molar-refractivity contribution in [2.24, 2.45) is 5.16 Å². The largest absolute Gasteiger partial charge is 0.490 e. The number of benzene rings is 3. The Labute approximate surface area is 211 Å². The summed E-state index contributed by atoms with van der Waals surface area (Å²) in [5.41, 5.74) is 2.18. The maximum atomic E-state index is 12.7. The lowest BCUT2D eigenvalue weighted by atomic mass is 10.1. The normalized spacial score (nSPS) is 12.7. The number of oxime groups is 1. The first-order valence-electron chi connectivity index (χ1n) is 11.4. The number of carboxylic acid groups (broad SMARTS) is 1. The number of hydrogen-bond donors (Lipinski definition) is 1. The average Bonchev–Trinajstić information content (AvgIpc) is 2.89. The minimum atomic E-state index is -3.57. The van der Waals surface area contributed by atoms with Crippen molar-refractivity contribution in [2.75, 3.05) is 19.8 Å². The van der Waals surface area contributed by atoms with E-state index in [0.29, 0.717) is 18.1 Å². The van der Waals surface area contributed by atoms with Crippen molar-refractivity contribution < 1.29 is 32.6 Å². The Hall–Kier alpha value is -3.69. The van der Waals surface area contributed by atoms with E-state index in [9.17, 15) is 18.3 Å². The lowest BCUT2D eigenvalue weighted by Crippen LogP contribution is -2.26. The zero-order chi connectivity index (χ0) is 26.0. The van der Waals surface area contributed by atoms with E-state index in [1.54, 1.807) is 92.7 Å². The summed E-state index contributed by atoms with van der Waals surface area (Å²) in [6, 6.07) is 21.9. The number of carboxylic acids is 1. The molecule has 0 bridgehead atoms. The molecule has 0 aliphatic carbocycles. The van der Waals surface area contributed by atoms with Crippen molar-refractivity contribution in [2.45, 2.75) is 36.2 Å². The van der Waals surface area contributed by atoms with Gasteiger partial charge in [-0.15, -0.1) is 0 Å². The minimum Gasteiger partial charge on any atom is -0.490 e. The van der Waals surface area contributed by atoms with Crippen LogP contribution in [0.1, 0.15) is 25.0 Å². The van der Waals surface area contributed by atoms with Crippen LogP contribution in [0.2, 0.25) is 0 Å². The highest BCUT2D eigenvalue weighted by Crippen LogP contribution is 2.21. The van der Waals surface area contributed by atoms with Gasteiger partial charge in [-0.25, -0.2) is 13.2 Å². The molecule has 0 aromatic heterocycles. The summed E-state index contributed by atoms with van der Waals surface area (Å²) in [5, 5.41) is 13.3. The minimum absolute atomic E-state index is 0.210. The molecule has 0 amide bonds. The molecule has 3 aromatic rings. The summed E-state index contributed by atoms with van der Waals surface area (Å²) in [7, 11) is -3.57. The van der Waals surface area contributed by atoms with Gasteiger partial charge in [0, 0.05) is 13.0 Å². The van der Waals surface area contributed by atoms with Gasteiger partial charge in [-0.05, 0) is 61.4 Å². The van der Waals surface area contributed by atoms with Crippen molar-refractivity contribution in [1.82, 2.24) is 0 Å². The summed E-state index contributed by atoms with van der Waals surface area (Å²) < 4.78 is 36.3. The van der Waals surface area contributed by atoms with Crippen LogP contribution in [0.15, 0.2) is 93.8 Å². The first kappa shape index (κ1) is 26.9. The zero-order valence-electron chi connectivity index (χ0n) is 20.2. The second-order valence-electron chi connectivity index (χ2n) is 7.83. The number of sulfone groups is 1. The van der Waals surface area contributed by atoms with Crippen molar-refractivity contribution in [3.8, 4) is 5.75 Å². The fourth-order valence-electron chi connectivity index (χ4n) is 3.36. The van der Waals surface area contributed by atoms with Gasteiger partial charge in [0.05, 0.1) is 15.5 Å². The van der Waals surface area contributed by atoms with Gasteiger partial charge in [-0.1, -0.05) is 47.6 Å². The summed E-state index contributed by atoms with van der Waals surface area (Å²) >= 11 is 0. The number of hydrogen-bond acceptors (Lipinski definition) is 7. The van der Waals surface area contributed by atoms with E-state index < -0.39 is 21.9 Å². The maximum Gasteiger partial charge on any atom is 0.333 e. The number of carbonyl (C=O) groups is 1. The molecule has 0 aliphatic heterocycles. The van der Waals surface area contributed by atoms with Crippen LogP contribution in [0.25, 0.3) is 0 Å². The van der Waals surface area contributed by atoms with Gasteiger partial charge < -0.3 is 19.4 Å². The van der Waals surface area contributed by atoms with Crippen LogP contribution < -0.4 is 4.74 Å². The third-order valence-electron chi connectivity index (χ3n) is 5.27. The summed E-state index contributed by atoms with van der Waals surface area (Å²) in [6.45, 7) is 4.34. The van der Waals surface area contributed by atoms with E-state index in [4.69, 9.17) is 14.3 Å². The average molecular weight is 512 g/mol. The fraction of sp³-hybridized carbons (Fsp3) is 0.259. The van der Waals surface area contributed by atoms with E-state index in [1.165, 1.54) is 0 Å². The quantitative estimate of drug-likeness (QED) is 0.206. The molecule has 1 unspecified atom stereocenters. The first-order chi connectivity index (χ1) is 17.3. The Morgan fingerprint density at radius 1 is 0.917 bits per heavy atom. The molecular weight excluding hydrogens is 482 g/mol. The second kappa shape index (κ2) is 12.9. The molecule has 36 heavy (non-hydrogen) atoms. The molecule has 1 atom stereocenters. The highest BCUT2D eigenvalue weighted by Gasteiger charge is 2.18. The number of ether oxygens (including phenoxy) is 2. The fourth-order valence-corrected chi connectivity index (χ4v) is 4.64. The smallest absolute Gasteiger partial charge is 0.333 e. The Morgan fingerprint density at radius 3 is 2.17 bits per heavy atom. The van der Waals surface area contributed by atoms with Gasteiger partial charge in [0.2, 0.25) is 9.84 Å². The van der Waals surface area contributed by atoms with Gasteiger partial charge in [0.25, 0.3) is 0 Å². The topological polar surface area (TPSA) is 111 Å². The van der Waals surface area contributed by atoms with Crippen molar-refractivity contribution in [3.05, 3.63) is 90.0 Å². The molecule has 8 nitrogen and oxygen atoms in total. The highest BCUT2D eigenvalue weighted by molar-refractivity contribution is 7.91. The standard InChI is InChI=1S/C27H29NO7S/c1-3-33-26(27(29)30)19-21-9-13-23(14-10-21)34-17-18-35-28-20(2)22-11-15-25(16-12-22)36(31,32)24-7-5-4-6-8-24/h4-16,26H,3,17-19H2,1-2H3,(H,29,30). The Balaban J connectivity index is 1.47. The Morgan fingerprint density at radius 2 is 1.56 bits per heavy atom. The van der Waals surface area contributed by atoms with E-state index in [1.807, 2.05) is 0 Å². The number of rotatable bonds is 13. The summed E-state index contributed by atoms with van der Waals surface area (Å²) in [6.07, 6.45) is -0.597. The summed E-state index contributed by atoms with van der Waals surface area (Å²) in [5.74, 6) is -0.361. The molecule has 3 aromatic carbocycles. The third kappa shape index (κ3) is 7.40. The predicted molar refractivity (Wildman–Crippen MR) is 135 cm³/mol. The molecular formula is C27H29NO7S. The second-order valence-corrected chi connectivity index (χ2v) is 9.78. The molecule has 0 spiro atoms. The van der Waals surface area contributed by atoms with Gasteiger partial charge >= 0.3 is 5.97 Å². The SMILES string of the molecule is CCOC(Cc1ccc(OCCON=C(C)c2ccc(S(=O)(=O)c3ccccc3)cc2)cc1)C(=O)O. The lowest BCUT2D eigenvalue weighted by Gasteiger charge is -2.12.